The normalized spacial score (nSPS) is 13.0. The molecule has 0 heterocycles. The van der Waals surface area contributed by atoms with Crippen molar-refractivity contribution < 1.29 is 9.53 Å². The fraction of sp³-hybridized carbons (Fsp3) is 0.350. The van der Waals surface area contributed by atoms with E-state index in [4.69, 9.17) is 4.74 Å². The predicted molar refractivity (Wildman–Crippen MR) is 98.4 cm³/mol. The number of rotatable bonds is 8. The molecule has 2 rings (SSSR count). The highest BCUT2D eigenvalue weighted by atomic mass is 16.5. The molecule has 4 nitrogen and oxygen atoms in total. The third-order valence-electron chi connectivity index (χ3n) is 3.96. The number of carbonyl (C=O) groups is 1. The Bertz CT molecular complexity index is 626. The first-order chi connectivity index (χ1) is 11.6. The van der Waals surface area contributed by atoms with Crippen molar-refractivity contribution in [2.24, 2.45) is 0 Å². The first-order valence-electron chi connectivity index (χ1n) is 8.33. The first kappa shape index (κ1) is 17.9. The fourth-order valence-corrected chi connectivity index (χ4v) is 2.47. The van der Waals surface area contributed by atoms with E-state index < -0.39 is 0 Å². The minimum absolute atomic E-state index is 0.00591. The van der Waals surface area contributed by atoms with Crippen molar-refractivity contribution in [2.75, 3.05) is 12.4 Å². The van der Waals surface area contributed by atoms with E-state index >= 15 is 0 Å². The van der Waals surface area contributed by atoms with E-state index in [9.17, 15) is 4.79 Å². The molecule has 0 aliphatic rings. The quantitative estimate of drug-likeness (QED) is 0.779. The van der Waals surface area contributed by atoms with E-state index in [1.165, 1.54) is 5.56 Å². The van der Waals surface area contributed by atoms with Gasteiger partial charge in [0.1, 0.15) is 11.8 Å². The van der Waals surface area contributed by atoms with Crippen LogP contribution in [0.2, 0.25) is 0 Å². The van der Waals surface area contributed by atoms with Gasteiger partial charge in [-0.3, -0.25) is 4.79 Å². The molecule has 24 heavy (non-hydrogen) atoms. The SMILES string of the molecule is COc1ccc(N[C@@H](C)C(=O)N[C@@H](C)CCc2ccccc2)cc1. The van der Waals surface area contributed by atoms with Gasteiger partial charge in [-0.2, -0.15) is 0 Å². The summed E-state index contributed by atoms with van der Waals surface area (Å²) in [4.78, 5) is 12.3. The summed E-state index contributed by atoms with van der Waals surface area (Å²) < 4.78 is 5.13. The number of methoxy groups -OCH3 is 1. The maximum Gasteiger partial charge on any atom is 0.242 e. The topological polar surface area (TPSA) is 50.4 Å². The highest BCUT2D eigenvalue weighted by molar-refractivity contribution is 5.84. The van der Waals surface area contributed by atoms with Crippen LogP contribution in [0.1, 0.15) is 25.8 Å². The second-order valence-corrected chi connectivity index (χ2v) is 6.03. The third kappa shape index (κ3) is 5.61. The number of aryl methyl sites for hydroxylation is 1. The van der Waals surface area contributed by atoms with Gasteiger partial charge in [-0.1, -0.05) is 30.3 Å². The lowest BCUT2D eigenvalue weighted by molar-refractivity contribution is -0.122. The first-order valence-corrected chi connectivity index (χ1v) is 8.33. The summed E-state index contributed by atoms with van der Waals surface area (Å²) in [6.07, 6.45) is 1.88. The number of amides is 1. The number of anilines is 1. The second-order valence-electron chi connectivity index (χ2n) is 6.03. The van der Waals surface area contributed by atoms with Crippen LogP contribution in [0.4, 0.5) is 5.69 Å². The lowest BCUT2D eigenvalue weighted by Crippen LogP contribution is -2.42. The van der Waals surface area contributed by atoms with E-state index in [0.29, 0.717) is 0 Å². The van der Waals surface area contributed by atoms with Gasteiger partial charge >= 0.3 is 0 Å². The van der Waals surface area contributed by atoms with Crippen LogP contribution in [0.25, 0.3) is 0 Å². The lowest BCUT2D eigenvalue weighted by atomic mass is 10.1. The maximum atomic E-state index is 12.3. The molecule has 2 aromatic rings. The Balaban J connectivity index is 1.77. The van der Waals surface area contributed by atoms with Gasteiger partial charge in [0.15, 0.2) is 0 Å². The van der Waals surface area contributed by atoms with E-state index in [1.807, 2.05) is 56.3 Å². The summed E-state index contributed by atoms with van der Waals surface area (Å²) in [6.45, 7) is 3.91. The summed E-state index contributed by atoms with van der Waals surface area (Å²) in [5.41, 5.74) is 2.19. The molecular weight excluding hydrogens is 300 g/mol. The molecule has 0 aromatic heterocycles. The predicted octanol–water partition coefficient (Wildman–Crippen LogP) is 3.63. The smallest absolute Gasteiger partial charge is 0.242 e. The van der Waals surface area contributed by atoms with E-state index in [1.54, 1.807) is 7.11 Å². The molecule has 0 radical (unpaired) electrons. The number of carbonyl (C=O) groups excluding carboxylic acids is 1. The molecule has 0 spiro atoms. The molecule has 0 saturated carbocycles. The number of nitrogens with one attached hydrogen (secondary N) is 2. The van der Waals surface area contributed by atoms with Gasteiger partial charge in [0.25, 0.3) is 0 Å². The average molecular weight is 326 g/mol. The molecule has 0 bridgehead atoms. The van der Waals surface area contributed by atoms with Crippen LogP contribution >= 0.6 is 0 Å². The second kappa shape index (κ2) is 8.96. The van der Waals surface area contributed by atoms with Crippen molar-refractivity contribution in [3.63, 3.8) is 0 Å². The molecule has 0 aliphatic carbocycles. The molecule has 1 amide bonds. The van der Waals surface area contributed by atoms with Crippen LogP contribution in [0, 0.1) is 0 Å². The van der Waals surface area contributed by atoms with Crippen LogP contribution in [0.3, 0.4) is 0 Å². The molecule has 2 atom stereocenters. The fourth-order valence-electron chi connectivity index (χ4n) is 2.47. The molecule has 0 aliphatic heterocycles. The van der Waals surface area contributed by atoms with Crippen molar-refractivity contribution in [1.29, 1.82) is 0 Å². The highest BCUT2D eigenvalue weighted by Crippen LogP contribution is 2.15. The van der Waals surface area contributed by atoms with Gasteiger partial charge in [-0.15, -0.1) is 0 Å². The molecule has 128 valence electrons. The van der Waals surface area contributed by atoms with E-state index in [2.05, 4.69) is 22.8 Å². The lowest BCUT2D eigenvalue weighted by Gasteiger charge is -2.19. The molecule has 0 saturated heterocycles. The maximum absolute atomic E-state index is 12.3. The monoisotopic (exact) mass is 326 g/mol. The molecule has 0 unspecified atom stereocenters. The van der Waals surface area contributed by atoms with Crippen molar-refractivity contribution in [2.45, 2.75) is 38.8 Å². The number of ether oxygens (including phenoxy) is 1. The van der Waals surface area contributed by atoms with Gasteiger partial charge in [0, 0.05) is 11.7 Å². The van der Waals surface area contributed by atoms with Crippen molar-refractivity contribution in [1.82, 2.24) is 5.32 Å². The zero-order valence-electron chi connectivity index (χ0n) is 14.6. The summed E-state index contributed by atoms with van der Waals surface area (Å²) in [5, 5.41) is 6.27. The summed E-state index contributed by atoms with van der Waals surface area (Å²) in [6, 6.07) is 17.7. The van der Waals surface area contributed by atoms with Gasteiger partial charge in [0.2, 0.25) is 5.91 Å². The number of benzene rings is 2. The van der Waals surface area contributed by atoms with Crippen LogP contribution in [-0.4, -0.2) is 25.1 Å². The standard InChI is InChI=1S/C20H26N2O2/c1-15(9-10-17-7-5-4-6-8-17)21-20(23)16(2)22-18-11-13-19(24-3)14-12-18/h4-8,11-16,22H,9-10H2,1-3H3,(H,21,23)/t15-,16-/m0/s1. The Hall–Kier alpha value is -2.49. The molecule has 2 N–H and O–H groups in total. The third-order valence-corrected chi connectivity index (χ3v) is 3.96. The summed E-state index contributed by atoms with van der Waals surface area (Å²) >= 11 is 0. The Kier molecular flexibility index (Phi) is 6.67. The highest BCUT2D eigenvalue weighted by Gasteiger charge is 2.15. The van der Waals surface area contributed by atoms with Crippen LogP contribution in [-0.2, 0) is 11.2 Å². The molecule has 4 heteroatoms. The number of hydrogen-bond acceptors (Lipinski definition) is 3. The summed E-state index contributed by atoms with van der Waals surface area (Å²) in [7, 11) is 1.63. The Morgan fingerprint density at radius 1 is 1.04 bits per heavy atom. The van der Waals surface area contributed by atoms with Gasteiger partial charge < -0.3 is 15.4 Å². The van der Waals surface area contributed by atoms with Crippen LogP contribution < -0.4 is 15.4 Å². The minimum Gasteiger partial charge on any atom is -0.497 e. The van der Waals surface area contributed by atoms with Crippen LogP contribution in [0.5, 0.6) is 5.75 Å². The Morgan fingerprint density at radius 3 is 2.33 bits per heavy atom. The Morgan fingerprint density at radius 2 is 1.71 bits per heavy atom. The number of hydrogen-bond donors (Lipinski definition) is 2. The van der Waals surface area contributed by atoms with Crippen molar-refractivity contribution in [3.05, 3.63) is 60.2 Å². The van der Waals surface area contributed by atoms with Gasteiger partial charge in [-0.25, -0.2) is 0 Å². The largest absolute Gasteiger partial charge is 0.497 e. The molecule has 2 aromatic carbocycles. The zero-order valence-corrected chi connectivity index (χ0v) is 14.6. The van der Waals surface area contributed by atoms with Gasteiger partial charge in [-0.05, 0) is 56.5 Å². The summed E-state index contributed by atoms with van der Waals surface area (Å²) in [5.74, 6) is 0.804. The average Bonchev–Trinajstić information content (AvgIpc) is 2.61. The Labute approximate surface area is 144 Å². The van der Waals surface area contributed by atoms with Crippen molar-refractivity contribution >= 4 is 11.6 Å². The molecular formula is C20H26N2O2. The van der Waals surface area contributed by atoms with E-state index in [0.717, 1.165) is 24.3 Å². The molecule has 0 fully saturated rings. The van der Waals surface area contributed by atoms with Gasteiger partial charge in [0.05, 0.1) is 7.11 Å². The minimum atomic E-state index is -0.294. The zero-order chi connectivity index (χ0) is 17.4. The van der Waals surface area contributed by atoms with Crippen LogP contribution in [0.15, 0.2) is 54.6 Å². The van der Waals surface area contributed by atoms with Crippen molar-refractivity contribution in [3.8, 4) is 5.75 Å². The van der Waals surface area contributed by atoms with E-state index in [-0.39, 0.29) is 18.0 Å².